The molecule has 7 heteroatoms. The average molecular weight is 190 g/mol. The quantitative estimate of drug-likeness (QED) is 0.427. The first-order valence-corrected chi connectivity index (χ1v) is 3.31. The summed E-state index contributed by atoms with van der Waals surface area (Å²) in [6, 6.07) is 0. The average Bonchev–Trinajstić information content (AvgIpc) is 2.30. The van der Waals surface area contributed by atoms with Crippen LogP contribution in [0.25, 0.3) is 0 Å². The smallest absolute Gasteiger partial charge is 0.275 e. The predicted molar refractivity (Wildman–Crippen MR) is 40.2 cm³/mol. The van der Waals surface area contributed by atoms with Crippen molar-refractivity contribution in [2.75, 3.05) is 0 Å². The molecule has 6 nitrogen and oxygen atoms in total. The molecule has 0 saturated heterocycles. The third kappa shape index (κ3) is 1.28. The Labute approximate surface area is 71.7 Å². The lowest BCUT2D eigenvalue weighted by atomic mass is 10.3. The van der Waals surface area contributed by atoms with Crippen LogP contribution in [0.4, 0.5) is 5.69 Å². The summed E-state index contributed by atoms with van der Waals surface area (Å²) in [5, 5.41) is 15.1. The largest absolute Gasteiger partial charge is 0.321 e. The van der Waals surface area contributed by atoms with E-state index in [1.807, 2.05) is 0 Å². The number of halogens is 1. The van der Waals surface area contributed by atoms with Crippen molar-refractivity contribution in [2.24, 2.45) is 0 Å². The van der Waals surface area contributed by atoms with Crippen molar-refractivity contribution in [3.63, 3.8) is 0 Å². The lowest BCUT2D eigenvalue weighted by Gasteiger charge is -1.87. The van der Waals surface area contributed by atoms with Crippen LogP contribution < -0.4 is 0 Å². The number of H-pyrrole nitrogens is 1. The summed E-state index contributed by atoms with van der Waals surface area (Å²) in [6.07, 6.45) is 0. The van der Waals surface area contributed by atoms with Crippen LogP contribution >= 0.6 is 11.6 Å². The van der Waals surface area contributed by atoms with Gasteiger partial charge in [0, 0.05) is 0 Å². The summed E-state index contributed by atoms with van der Waals surface area (Å²) in [4.78, 5) is 20.2. The number of rotatable bonds is 2. The Bertz CT molecular complexity index is 346. The number of aromatic amines is 1. The Morgan fingerprint density at radius 1 is 1.75 bits per heavy atom. The summed E-state index contributed by atoms with van der Waals surface area (Å²) < 4.78 is 0. The summed E-state index contributed by atoms with van der Waals surface area (Å²) in [5.41, 5.74) is -0.502. The lowest BCUT2D eigenvalue weighted by molar-refractivity contribution is -0.385. The number of nitro groups is 1. The maximum atomic E-state index is 10.6. The molecular formula is C5H4ClN3O3. The monoisotopic (exact) mass is 189 g/mol. The highest BCUT2D eigenvalue weighted by Gasteiger charge is 2.25. The van der Waals surface area contributed by atoms with E-state index in [1.54, 1.807) is 0 Å². The van der Waals surface area contributed by atoms with Crippen LogP contribution in [0.3, 0.4) is 0 Å². The first kappa shape index (κ1) is 8.66. The topological polar surface area (TPSA) is 88.9 Å². The molecule has 0 aliphatic heterocycles. The second-order valence-electron chi connectivity index (χ2n) is 2.08. The van der Waals surface area contributed by atoms with Crippen molar-refractivity contribution in [1.29, 1.82) is 0 Å². The minimum absolute atomic E-state index is 0.212. The van der Waals surface area contributed by atoms with Crippen molar-refractivity contribution < 1.29 is 9.72 Å². The maximum absolute atomic E-state index is 10.6. The summed E-state index contributed by atoms with van der Waals surface area (Å²) >= 11 is 5.04. The Morgan fingerprint density at radius 3 is 2.67 bits per heavy atom. The fraction of sp³-hybridized carbons (Fsp3) is 0.200. The molecule has 0 atom stereocenters. The first-order chi connectivity index (χ1) is 5.54. The number of hydrogen-bond donors (Lipinski definition) is 1. The molecule has 0 unspecified atom stereocenters. The van der Waals surface area contributed by atoms with Crippen LogP contribution in [0, 0.1) is 17.0 Å². The van der Waals surface area contributed by atoms with Gasteiger partial charge in [0.1, 0.15) is 5.69 Å². The molecule has 1 rings (SSSR count). The molecular weight excluding hydrogens is 186 g/mol. The summed E-state index contributed by atoms with van der Waals surface area (Å²) in [6.45, 7) is 1.44. The van der Waals surface area contributed by atoms with Gasteiger partial charge in [0.15, 0.2) is 0 Å². The highest BCUT2D eigenvalue weighted by atomic mass is 35.5. The van der Waals surface area contributed by atoms with Crippen molar-refractivity contribution in [2.45, 2.75) is 6.92 Å². The van der Waals surface area contributed by atoms with E-state index in [9.17, 15) is 14.9 Å². The standard InChI is InChI=1S/C5H4ClN3O3/c1-2-4(9(11)12)3(5(6)10)8-7-2/h1H3,(H,7,8). The van der Waals surface area contributed by atoms with Crippen molar-refractivity contribution in [3.8, 4) is 0 Å². The first-order valence-electron chi connectivity index (χ1n) is 2.93. The van der Waals surface area contributed by atoms with E-state index in [0.29, 0.717) is 0 Å². The zero-order valence-electron chi connectivity index (χ0n) is 6.00. The molecule has 0 fully saturated rings. The zero-order chi connectivity index (χ0) is 9.30. The number of hydrogen-bond acceptors (Lipinski definition) is 4. The molecule has 0 bridgehead atoms. The Hall–Kier alpha value is -1.43. The van der Waals surface area contributed by atoms with E-state index in [2.05, 4.69) is 10.2 Å². The molecule has 0 aliphatic rings. The molecule has 0 amide bonds. The van der Waals surface area contributed by atoms with Gasteiger partial charge in [0.25, 0.3) is 5.24 Å². The minimum Gasteiger partial charge on any atom is -0.275 e. The van der Waals surface area contributed by atoms with E-state index in [0.717, 1.165) is 0 Å². The van der Waals surface area contributed by atoms with E-state index >= 15 is 0 Å². The second kappa shape index (κ2) is 2.90. The van der Waals surface area contributed by atoms with Crippen LogP contribution in [-0.2, 0) is 0 Å². The molecule has 1 heterocycles. The van der Waals surface area contributed by atoms with Gasteiger partial charge in [-0.25, -0.2) is 0 Å². The van der Waals surface area contributed by atoms with Gasteiger partial charge in [-0.1, -0.05) is 0 Å². The normalized spacial score (nSPS) is 9.83. The Kier molecular flexibility index (Phi) is 2.09. The van der Waals surface area contributed by atoms with Crippen LogP contribution in [-0.4, -0.2) is 20.4 Å². The van der Waals surface area contributed by atoms with E-state index in [1.165, 1.54) is 6.92 Å². The van der Waals surface area contributed by atoms with Gasteiger partial charge < -0.3 is 0 Å². The second-order valence-corrected chi connectivity index (χ2v) is 2.42. The van der Waals surface area contributed by atoms with Gasteiger partial charge in [-0.3, -0.25) is 20.0 Å². The molecule has 64 valence electrons. The van der Waals surface area contributed by atoms with E-state index in [4.69, 9.17) is 11.6 Å². The third-order valence-corrected chi connectivity index (χ3v) is 1.46. The van der Waals surface area contributed by atoms with Gasteiger partial charge in [-0.2, -0.15) is 5.10 Å². The highest BCUT2D eigenvalue weighted by molar-refractivity contribution is 6.67. The van der Waals surface area contributed by atoms with Crippen LogP contribution in [0.2, 0.25) is 0 Å². The van der Waals surface area contributed by atoms with Gasteiger partial charge in [-0.15, -0.1) is 0 Å². The molecule has 0 saturated carbocycles. The van der Waals surface area contributed by atoms with E-state index in [-0.39, 0.29) is 17.1 Å². The van der Waals surface area contributed by atoms with Crippen molar-refractivity contribution in [3.05, 3.63) is 21.5 Å². The minimum atomic E-state index is -0.939. The SMILES string of the molecule is Cc1[nH]nc(C(=O)Cl)c1[N+](=O)[O-]. The van der Waals surface area contributed by atoms with Crippen molar-refractivity contribution >= 4 is 22.5 Å². The van der Waals surface area contributed by atoms with Crippen LogP contribution in [0.15, 0.2) is 0 Å². The number of carbonyl (C=O) groups excluding carboxylic acids is 1. The summed E-state index contributed by atoms with van der Waals surface area (Å²) in [7, 11) is 0. The molecule has 1 N–H and O–H groups in total. The third-order valence-electron chi connectivity index (χ3n) is 1.28. The number of carbonyl (C=O) groups is 1. The van der Waals surface area contributed by atoms with Crippen LogP contribution in [0.5, 0.6) is 0 Å². The van der Waals surface area contributed by atoms with E-state index < -0.39 is 10.2 Å². The molecule has 0 aromatic carbocycles. The summed E-state index contributed by atoms with van der Waals surface area (Å²) in [5.74, 6) is 0. The Morgan fingerprint density at radius 2 is 2.33 bits per heavy atom. The molecule has 0 aliphatic carbocycles. The van der Waals surface area contributed by atoms with Gasteiger partial charge >= 0.3 is 5.69 Å². The van der Waals surface area contributed by atoms with Gasteiger partial charge in [-0.05, 0) is 18.5 Å². The molecule has 1 aromatic heterocycles. The van der Waals surface area contributed by atoms with Gasteiger partial charge in [0.05, 0.1) is 4.92 Å². The highest BCUT2D eigenvalue weighted by Crippen LogP contribution is 2.21. The number of nitrogens with zero attached hydrogens (tertiary/aromatic N) is 2. The fourth-order valence-corrected chi connectivity index (χ4v) is 0.915. The van der Waals surface area contributed by atoms with Crippen LogP contribution in [0.1, 0.15) is 16.2 Å². The van der Waals surface area contributed by atoms with Gasteiger partial charge in [0.2, 0.25) is 5.69 Å². The Balaban J connectivity index is 3.31. The fourth-order valence-electron chi connectivity index (χ4n) is 0.784. The zero-order valence-corrected chi connectivity index (χ0v) is 6.75. The predicted octanol–water partition coefficient (Wildman–Crippen LogP) is 1.01. The molecule has 1 aromatic rings. The molecule has 12 heavy (non-hydrogen) atoms. The van der Waals surface area contributed by atoms with Crippen molar-refractivity contribution in [1.82, 2.24) is 10.2 Å². The maximum Gasteiger partial charge on any atom is 0.321 e. The number of aryl methyl sites for hydroxylation is 1. The number of aromatic nitrogens is 2. The number of nitrogens with one attached hydrogen (secondary N) is 1. The molecule has 0 radical (unpaired) electrons. The molecule has 0 spiro atoms. The lowest BCUT2D eigenvalue weighted by Crippen LogP contribution is -1.97.